The topological polar surface area (TPSA) is 145 Å². The normalized spacial score (nSPS) is 23.4. The van der Waals surface area contributed by atoms with Gasteiger partial charge in [0.25, 0.3) is 0 Å². The molecule has 2 aromatic rings. The van der Waals surface area contributed by atoms with E-state index in [1.54, 1.807) is 4.68 Å². The second kappa shape index (κ2) is 7.11. The van der Waals surface area contributed by atoms with Gasteiger partial charge in [-0.2, -0.15) is 5.10 Å². The molecule has 9 nitrogen and oxygen atoms in total. The van der Waals surface area contributed by atoms with Crippen LogP contribution < -0.4 is 11.5 Å². The highest BCUT2D eigenvalue weighted by atomic mass is 16.5. The van der Waals surface area contributed by atoms with Crippen LogP contribution >= 0.6 is 0 Å². The summed E-state index contributed by atoms with van der Waals surface area (Å²) < 4.78 is 7.19. The molecule has 3 rings (SSSR count). The number of nitrogens with two attached hydrogens (primary N) is 2. The highest BCUT2D eigenvalue weighted by Crippen LogP contribution is 2.32. The van der Waals surface area contributed by atoms with Gasteiger partial charge in [0, 0.05) is 12.8 Å². The van der Waals surface area contributed by atoms with Gasteiger partial charge in [-0.15, -0.1) is 0 Å². The van der Waals surface area contributed by atoms with Crippen molar-refractivity contribution in [2.45, 2.75) is 37.7 Å². The van der Waals surface area contributed by atoms with Gasteiger partial charge in [-0.05, 0) is 18.9 Å². The van der Waals surface area contributed by atoms with Crippen LogP contribution in [0.1, 0.15) is 31.2 Å². The first-order chi connectivity index (χ1) is 11.7. The summed E-state index contributed by atoms with van der Waals surface area (Å²) in [6.07, 6.45) is 1.14. The van der Waals surface area contributed by atoms with Gasteiger partial charge in [0.1, 0.15) is 23.9 Å². The Kier molecular flexibility index (Phi) is 4.92. The predicted molar refractivity (Wildman–Crippen MR) is 86.5 cm³/mol. The summed E-state index contributed by atoms with van der Waals surface area (Å²) in [4.78, 5) is 8.22. The van der Waals surface area contributed by atoms with E-state index >= 15 is 0 Å². The molecule has 0 radical (unpaired) electrons. The van der Waals surface area contributed by atoms with Crippen LogP contribution in [0.15, 0.2) is 6.33 Å². The molecule has 24 heavy (non-hydrogen) atoms. The van der Waals surface area contributed by atoms with Crippen LogP contribution in [0.2, 0.25) is 0 Å². The van der Waals surface area contributed by atoms with Crippen molar-refractivity contribution in [2.75, 3.05) is 18.9 Å². The molecule has 2 aromatic heterocycles. The lowest BCUT2D eigenvalue weighted by atomic mass is 10.2. The van der Waals surface area contributed by atoms with Crippen molar-refractivity contribution in [2.24, 2.45) is 5.73 Å². The minimum absolute atomic E-state index is 0.264. The molecule has 1 aliphatic rings. The molecule has 1 fully saturated rings. The molecule has 1 saturated heterocycles. The van der Waals surface area contributed by atoms with E-state index in [1.165, 1.54) is 6.33 Å². The molecule has 1 aliphatic heterocycles. The van der Waals surface area contributed by atoms with E-state index in [1.807, 2.05) is 0 Å². The molecule has 0 aromatic carbocycles. The van der Waals surface area contributed by atoms with Crippen molar-refractivity contribution < 1.29 is 14.9 Å². The zero-order chi connectivity index (χ0) is 17.1. The van der Waals surface area contributed by atoms with E-state index in [2.05, 4.69) is 26.9 Å². The molecule has 3 heterocycles. The third-order valence-electron chi connectivity index (χ3n) is 3.89. The number of nitrogen functional groups attached to an aromatic ring is 1. The molecule has 0 saturated carbocycles. The average Bonchev–Trinajstić information content (AvgIpc) is 3.13. The maximum absolute atomic E-state index is 9.93. The Morgan fingerprint density at radius 1 is 1.42 bits per heavy atom. The Morgan fingerprint density at radius 3 is 2.96 bits per heavy atom. The van der Waals surface area contributed by atoms with E-state index in [-0.39, 0.29) is 12.4 Å². The number of ether oxygens (including phenoxy) is 1. The fourth-order valence-corrected chi connectivity index (χ4v) is 2.65. The minimum Gasteiger partial charge on any atom is -0.394 e. The number of rotatable bonds is 4. The number of aliphatic hydroxyl groups is 2. The molecule has 0 aliphatic carbocycles. The summed E-state index contributed by atoms with van der Waals surface area (Å²) in [5.74, 6) is 6.27. The van der Waals surface area contributed by atoms with Crippen molar-refractivity contribution in [1.29, 1.82) is 0 Å². The van der Waals surface area contributed by atoms with Gasteiger partial charge in [0.15, 0.2) is 11.9 Å². The number of nitrogens with zero attached hydrogens (tertiary/aromatic N) is 4. The molecule has 3 atom stereocenters. The van der Waals surface area contributed by atoms with Crippen molar-refractivity contribution in [3.63, 3.8) is 0 Å². The van der Waals surface area contributed by atoms with Crippen molar-refractivity contribution in [3.05, 3.63) is 12.0 Å². The van der Waals surface area contributed by atoms with E-state index in [0.717, 1.165) is 6.42 Å². The highest BCUT2D eigenvalue weighted by molar-refractivity contribution is 5.90. The molecule has 0 unspecified atom stereocenters. The Bertz CT molecular complexity index is 781. The second-order valence-electron chi connectivity index (χ2n) is 5.56. The zero-order valence-corrected chi connectivity index (χ0v) is 13.1. The fraction of sp³-hybridized carbons (Fsp3) is 0.533. The summed E-state index contributed by atoms with van der Waals surface area (Å²) in [5.41, 5.74) is 12.4. The lowest BCUT2D eigenvalue weighted by molar-refractivity contribution is -0.0470. The Balaban J connectivity index is 2.00. The van der Waals surface area contributed by atoms with Gasteiger partial charge in [0.2, 0.25) is 0 Å². The molecule has 0 amide bonds. The molecular weight excluding hydrogens is 312 g/mol. The average molecular weight is 332 g/mol. The van der Waals surface area contributed by atoms with E-state index in [0.29, 0.717) is 36.1 Å². The first-order valence-electron chi connectivity index (χ1n) is 7.77. The lowest BCUT2D eigenvalue weighted by Gasteiger charge is -2.12. The summed E-state index contributed by atoms with van der Waals surface area (Å²) in [7, 11) is 0. The summed E-state index contributed by atoms with van der Waals surface area (Å²) in [5, 5.41) is 24.2. The van der Waals surface area contributed by atoms with Gasteiger partial charge >= 0.3 is 0 Å². The van der Waals surface area contributed by atoms with E-state index < -0.39 is 18.4 Å². The van der Waals surface area contributed by atoms with Crippen LogP contribution in [0, 0.1) is 11.8 Å². The first-order valence-corrected chi connectivity index (χ1v) is 7.77. The second-order valence-corrected chi connectivity index (χ2v) is 5.56. The number of aliphatic hydroxyl groups excluding tert-OH is 2. The summed E-state index contributed by atoms with van der Waals surface area (Å²) in [6, 6.07) is 0. The highest BCUT2D eigenvalue weighted by Gasteiger charge is 2.36. The quantitative estimate of drug-likeness (QED) is 0.418. The predicted octanol–water partition coefficient (Wildman–Crippen LogP) is -0.860. The maximum Gasteiger partial charge on any atom is 0.167 e. The fourth-order valence-electron chi connectivity index (χ4n) is 2.65. The van der Waals surface area contributed by atoms with Crippen LogP contribution in [0.5, 0.6) is 0 Å². The van der Waals surface area contributed by atoms with Gasteiger partial charge in [-0.25, -0.2) is 14.6 Å². The van der Waals surface area contributed by atoms with Gasteiger partial charge < -0.3 is 26.4 Å². The first kappa shape index (κ1) is 16.6. The van der Waals surface area contributed by atoms with E-state index in [9.17, 15) is 10.2 Å². The molecule has 6 N–H and O–H groups in total. The molecular formula is C15H20N6O3. The van der Waals surface area contributed by atoms with Crippen LogP contribution in [0.25, 0.3) is 11.0 Å². The molecule has 0 spiro atoms. The maximum atomic E-state index is 9.93. The summed E-state index contributed by atoms with van der Waals surface area (Å²) in [6.45, 7) is 0.311. The van der Waals surface area contributed by atoms with Crippen LogP contribution in [-0.4, -0.2) is 55.3 Å². The van der Waals surface area contributed by atoms with Gasteiger partial charge in [0.05, 0.1) is 18.1 Å². The number of anilines is 1. The standard InChI is InChI=1S/C15H20N6O3/c16-5-3-1-2-4-9-13-14(17)18-8-19-15(13)21(20-9)12-6-10(23)11(7-22)24-12/h8,10-12,22-23H,1,3,5-7,16H2,(H2,17,18,19)/t10-,11+,12+/m0/s1. The SMILES string of the molecule is NCCCC#Cc1nn([C@H]2C[C@H](O)[C@@H](CO)O2)c2ncnc(N)c12. The number of hydrogen-bond donors (Lipinski definition) is 4. The minimum atomic E-state index is -0.766. The zero-order valence-electron chi connectivity index (χ0n) is 13.1. The molecule has 128 valence electrons. The Morgan fingerprint density at radius 2 is 2.25 bits per heavy atom. The van der Waals surface area contributed by atoms with E-state index in [4.69, 9.17) is 16.2 Å². The lowest BCUT2D eigenvalue weighted by Crippen LogP contribution is -2.24. The van der Waals surface area contributed by atoms with Crippen molar-refractivity contribution >= 4 is 16.9 Å². The molecule has 0 bridgehead atoms. The molecule has 9 heteroatoms. The van der Waals surface area contributed by atoms with Gasteiger partial charge in [-0.3, -0.25) is 0 Å². The number of unbranched alkanes of at least 4 members (excludes halogenated alkanes) is 1. The third-order valence-corrected chi connectivity index (χ3v) is 3.89. The largest absolute Gasteiger partial charge is 0.394 e. The monoisotopic (exact) mass is 332 g/mol. The number of fused-ring (bicyclic) bond motifs is 1. The van der Waals surface area contributed by atoms with Gasteiger partial charge in [-0.1, -0.05) is 5.92 Å². The number of hydrogen-bond acceptors (Lipinski definition) is 8. The smallest absolute Gasteiger partial charge is 0.167 e. The third kappa shape index (κ3) is 3.05. The Hall–Kier alpha value is -2.25. The van der Waals surface area contributed by atoms with Crippen LogP contribution in [0.3, 0.4) is 0 Å². The van der Waals surface area contributed by atoms with Crippen LogP contribution in [-0.2, 0) is 4.74 Å². The van der Waals surface area contributed by atoms with Crippen molar-refractivity contribution in [1.82, 2.24) is 19.7 Å². The summed E-state index contributed by atoms with van der Waals surface area (Å²) >= 11 is 0. The van der Waals surface area contributed by atoms with Crippen molar-refractivity contribution in [3.8, 4) is 11.8 Å². The Labute approximate surface area is 138 Å². The van der Waals surface area contributed by atoms with Crippen LogP contribution in [0.4, 0.5) is 5.82 Å². The number of aromatic nitrogens is 4.